The Morgan fingerprint density at radius 3 is 2.17 bits per heavy atom. The van der Waals surface area contributed by atoms with Crippen molar-refractivity contribution in [1.29, 1.82) is 0 Å². The Bertz CT molecular complexity index is 873. The third-order valence-electron chi connectivity index (χ3n) is 3.74. The Balaban J connectivity index is 1.96. The van der Waals surface area contributed by atoms with Gasteiger partial charge in [0.1, 0.15) is 11.5 Å². The smallest absolute Gasteiger partial charge is 0.258 e. The molecule has 0 atom stereocenters. The Morgan fingerprint density at radius 1 is 0.917 bits per heavy atom. The highest BCUT2D eigenvalue weighted by atomic mass is 16.5. The van der Waals surface area contributed by atoms with Crippen molar-refractivity contribution in [1.82, 2.24) is 9.97 Å². The number of hydrogen-bond acceptors (Lipinski definition) is 5. The number of ether oxygens (including phenoxy) is 2. The average Bonchev–Trinajstić information content (AvgIpc) is 2.65. The highest BCUT2D eigenvalue weighted by molar-refractivity contribution is 6.06. The molecule has 3 aromatic rings. The molecular weight excluding hydrogens is 306 g/mol. The van der Waals surface area contributed by atoms with E-state index in [4.69, 9.17) is 9.47 Å². The quantitative estimate of drug-likeness (QED) is 0.738. The number of carbonyl (C=O) groups is 1. The fourth-order valence-corrected chi connectivity index (χ4v) is 2.40. The van der Waals surface area contributed by atoms with Gasteiger partial charge in [-0.1, -0.05) is 0 Å². The van der Waals surface area contributed by atoms with E-state index >= 15 is 0 Å². The summed E-state index contributed by atoms with van der Waals surface area (Å²) < 4.78 is 10.4. The largest absolute Gasteiger partial charge is 0.497 e. The van der Waals surface area contributed by atoms with Crippen molar-refractivity contribution in [2.24, 2.45) is 0 Å². The Hall–Kier alpha value is -3.15. The van der Waals surface area contributed by atoms with Gasteiger partial charge in [-0.25, -0.2) is 0 Å². The van der Waals surface area contributed by atoms with Gasteiger partial charge in [0.05, 0.1) is 25.3 Å². The lowest BCUT2D eigenvalue weighted by Crippen LogP contribution is -2.26. The van der Waals surface area contributed by atoms with Crippen LogP contribution in [0.1, 0.15) is 10.4 Å². The third kappa shape index (κ3) is 2.99. The average molecular weight is 323 g/mol. The molecule has 0 unspecified atom stereocenters. The Kier molecular flexibility index (Phi) is 4.29. The van der Waals surface area contributed by atoms with Crippen LogP contribution in [0.25, 0.3) is 11.0 Å². The van der Waals surface area contributed by atoms with Gasteiger partial charge in [0.2, 0.25) is 0 Å². The monoisotopic (exact) mass is 323 g/mol. The minimum atomic E-state index is -0.171. The zero-order valence-electron chi connectivity index (χ0n) is 13.7. The number of rotatable bonds is 4. The zero-order chi connectivity index (χ0) is 17.1. The van der Waals surface area contributed by atoms with Gasteiger partial charge in [-0.05, 0) is 30.3 Å². The predicted octanol–water partition coefficient (Wildman–Crippen LogP) is 2.92. The van der Waals surface area contributed by atoms with Gasteiger partial charge >= 0.3 is 0 Å². The number of methoxy groups -OCH3 is 2. The van der Waals surface area contributed by atoms with E-state index in [2.05, 4.69) is 9.97 Å². The second-order valence-corrected chi connectivity index (χ2v) is 5.19. The summed E-state index contributed by atoms with van der Waals surface area (Å²) in [6.07, 6.45) is 3.26. The van der Waals surface area contributed by atoms with Crippen LogP contribution in [0.3, 0.4) is 0 Å². The van der Waals surface area contributed by atoms with Crippen molar-refractivity contribution < 1.29 is 14.3 Å². The van der Waals surface area contributed by atoms with Crippen LogP contribution in [0.5, 0.6) is 11.5 Å². The first kappa shape index (κ1) is 15.7. The summed E-state index contributed by atoms with van der Waals surface area (Å²) in [5, 5.41) is 0. The van der Waals surface area contributed by atoms with Crippen molar-refractivity contribution in [3.05, 3.63) is 54.4 Å². The van der Waals surface area contributed by atoms with Gasteiger partial charge in [0, 0.05) is 36.8 Å². The summed E-state index contributed by atoms with van der Waals surface area (Å²) in [6.45, 7) is 0. The summed E-state index contributed by atoms with van der Waals surface area (Å²) in [4.78, 5) is 22.9. The first-order chi connectivity index (χ1) is 11.6. The van der Waals surface area contributed by atoms with Crippen molar-refractivity contribution >= 4 is 22.6 Å². The van der Waals surface area contributed by atoms with Gasteiger partial charge < -0.3 is 14.4 Å². The number of benzene rings is 2. The molecule has 0 bridgehead atoms. The van der Waals surface area contributed by atoms with Crippen LogP contribution in [0.4, 0.5) is 5.69 Å². The van der Waals surface area contributed by atoms with Crippen LogP contribution in [0, 0.1) is 0 Å². The van der Waals surface area contributed by atoms with Crippen LogP contribution in [-0.4, -0.2) is 37.1 Å². The van der Waals surface area contributed by atoms with Crippen LogP contribution in [0.2, 0.25) is 0 Å². The molecule has 6 heteroatoms. The summed E-state index contributed by atoms with van der Waals surface area (Å²) in [5.41, 5.74) is 2.73. The highest BCUT2D eigenvalue weighted by Crippen LogP contribution is 2.25. The van der Waals surface area contributed by atoms with Crippen LogP contribution in [-0.2, 0) is 0 Å². The first-order valence-corrected chi connectivity index (χ1v) is 7.34. The maximum Gasteiger partial charge on any atom is 0.258 e. The summed E-state index contributed by atoms with van der Waals surface area (Å²) in [7, 11) is 4.81. The minimum absolute atomic E-state index is 0.171. The van der Waals surface area contributed by atoms with Gasteiger partial charge in [0.25, 0.3) is 5.91 Å². The predicted molar refractivity (Wildman–Crippen MR) is 91.8 cm³/mol. The van der Waals surface area contributed by atoms with E-state index in [1.54, 1.807) is 56.8 Å². The SMILES string of the molecule is COc1cc(OC)cc(C(=O)N(C)c2ccc3nccnc3c2)c1. The van der Waals surface area contributed by atoms with E-state index in [1.807, 2.05) is 18.2 Å². The Labute approximate surface area is 139 Å². The van der Waals surface area contributed by atoms with Gasteiger partial charge in [-0.2, -0.15) is 0 Å². The molecule has 0 spiro atoms. The first-order valence-electron chi connectivity index (χ1n) is 7.34. The Morgan fingerprint density at radius 2 is 1.54 bits per heavy atom. The van der Waals surface area contributed by atoms with E-state index in [9.17, 15) is 4.79 Å². The maximum atomic E-state index is 12.8. The second kappa shape index (κ2) is 6.54. The standard InChI is InChI=1S/C18H17N3O3/c1-21(13-4-5-16-17(10-13)20-7-6-19-16)18(22)12-8-14(23-2)11-15(9-12)24-3/h4-11H,1-3H3. The molecule has 2 aromatic carbocycles. The van der Waals surface area contributed by atoms with E-state index in [0.717, 1.165) is 16.7 Å². The topological polar surface area (TPSA) is 64.6 Å². The molecule has 0 saturated heterocycles. The van der Waals surface area contributed by atoms with Crippen molar-refractivity contribution in [3.8, 4) is 11.5 Å². The molecule has 0 saturated carbocycles. The molecule has 24 heavy (non-hydrogen) atoms. The van der Waals surface area contributed by atoms with Crippen molar-refractivity contribution in [3.63, 3.8) is 0 Å². The van der Waals surface area contributed by atoms with Gasteiger partial charge in [-0.3, -0.25) is 14.8 Å². The molecule has 0 aliphatic heterocycles. The molecule has 0 N–H and O–H groups in total. The van der Waals surface area contributed by atoms with Gasteiger partial charge in [0.15, 0.2) is 0 Å². The summed E-state index contributed by atoms with van der Waals surface area (Å²) in [6, 6.07) is 10.6. The van der Waals surface area contributed by atoms with Crippen LogP contribution in [0.15, 0.2) is 48.8 Å². The second-order valence-electron chi connectivity index (χ2n) is 5.19. The number of amides is 1. The van der Waals surface area contributed by atoms with E-state index in [1.165, 1.54) is 0 Å². The summed E-state index contributed by atoms with van der Waals surface area (Å²) >= 11 is 0. The molecule has 0 aliphatic rings. The molecule has 1 aromatic heterocycles. The van der Waals surface area contributed by atoms with E-state index < -0.39 is 0 Å². The lowest BCUT2D eigenvalue weighted by atomic mass is 10.1. The molecule has 1 heterocycles. The number of aromatic nitrogens is 2. The van der Waals surface area contributed by atoms with Crippen LogP contribution >= 0.6 is 0 Å². The van der Waals surface area contributed by atoms with Crippen molar-refractivity contribution in [2.75, 3.05) is 26.2 Å². The normalized spacial score (nSPS) is 10.5. The number of fused-ring (bicyclic) bond motifs is 1. The number of carbonyl (C=O) groups excluding carboxylic acids is 1. The molecule has 122 valence electrons. The zero-order valence-corrected chi connectivity index (χ0v) is 13.7. The molecule has 0 fully saturated rings. The molecule has 3 rings (SSSR count). The highest BCUT2D eigenvalue weighted by Gasteiger charge is 2.16. The molecule has 6 nitrogen and oxygen atoms in total. The van der Waals surface area contributed by atoms with E-state index in [0.29, 0.717) is 17.1 Å². The molecular formula is C18H17N3O3. The molecule has 1 amide bonds. The van der Waals surface area contributed by atoms with E-state index in [-0.39, 0.29) is 5.91 Å². The lowest BCUT2D eigenvalue weighted by Gasteiger charge is -2.18. The minimum Gasteiger partial charge on any atom is -0.497 e. The lowest BCUT2D eigenvalue weighted by molar-refractivity contribution is 0.0992. The third-order valence-corrected chi connectivity index (χ3v) is 3.74. The number of anilines is 1. The van der Waals surface area contributed by atoms with Crippen molar-refractivity contribution in [2.45, 2.75) is 0 Å². The molecule has 0 radical (unpaired) electrons. The number of nitrogens with zero attached hydrogens (tertiary/aromatic N) is 3. The van der Waals surface area contributed by atoms with Crippen LogP contribution < -0.4 is 14.4 Å². The fourth-order valence-electron chi connectivity index (χ4n) is 2.40. The fraction of sp³-hybridized carbons (Fsp3) is 0.167. The summed E-state index contributed by atoms with van der Waals surface area (Å²) in [5.74, 6) is 0.960. The molecule has 0 aliphatic carbocycles. The number of hydrogen-bond donors (Lipinski definition) is 0. The maximum absolute atomic E-state index is 12.8. The van der Waals surface area contributed by atoms with Gasteiger partial charge in [-0.15, -0.1) is 0 Å².